The van der Waals surface area contributed by atoms with Crippen LogP contribution in [0.25, 0.3) is 11.2 Å². The summed E-state index contributed by atoms with van der Waals surface area (Å²) in [7, 11) is 3.15. The number of aromatic nitrogens is 4. The molecule has 3 rings (SSSR count). The summed E-state index contributed by atoms with van der Waals surface area (Å²) in [6, 6.07) is 10.6. The Balaban J connectivity index is 2.13. The number of ether oxygens (including phenoxy) is 2. The first-order valence-corrected chi connectivity index (χ1v) is 6.16. The predicted molar refractivity (Wildman–Crippen MR) is 74.0 cm³/mol. The standard InChI is InChI=1S/C14H14N4O2/c1-19-13-11-12(15-9-16-13)18(14(17-11)20-2)8-10-6-4-3-5-7-10/h3-7,9H,8H2,1-2H3. The van der Waals surface area contributed by atoms with Crippen LogP contribution < -0.4 is 9.47 Å². The van der Waals surface area contributed by atoms with Crippen molar-refractivity contribution >= 4 is 11.2 Å². The number of methoxy groups -OCH3 is 2. The maximum absolute atomic E-state index is 5.33. The quantitative estimate of drug-likeness (QED) is 0.724. The summed E-state index contributed by atoms with van der Waals surface area (Å²) < 4.78 is 12.4. The number of fused-ring (bicyclic) bond motifs is 1. The summed E-state index contributed by atoms with van der Waals surface area (Å²) in [6.07, 6.45) is 1.46. The van der Waals surface area contributed by atoms with E-state index in [0.29, 0.717) is 29.6 Å². The van der Waals surface area contributed by atoms with Gasteiger partial charge in [-0.15, -0.1) is 0 Å². The van der Waals surface area contributed by atoms with Crippen LogP contribution in [0, 0.1) is 0 Å². The van der Waals surface area contributed by atoms with Crippen molar-refractivity contribution in [3.8, 4) is 11.9 Å². The second-order valence-electron chi connectivity index (χ2n) is 4.23. The molecule has 20 heavy (non-hydrogen) atoms. The number of hydrogen-bond acceptors (Lipinski definition) is 5. The fourth-order valence-corrected chi connectivity index (χ4v) is 2.11. The van der Waals surface area contributed by atoms with Gasteiger partial charge >= 0.3 is 0 Å². The monoisotopic (exact) mass is 270 g/mol. The van der Waals surface area contributed by atoms with Crippen LogP contribution >= 0.6 is 0 Å². The molecule has 2 heterocycles. The highest BCUT2D eigenvalue weighted by Crippen LogP contribution is 2.26. The zero-order valence-electron chi connectivity index (χ0n) is 11.3. The molecule has 102 valence electrons. The van der Waals surface area contributed by atoms with Crippen LogP contribution in [0.4, 0.5) is 0 Å². The Morgan fingerprint density at radius 3 is 2.55 bits per heavy atom. The lowest BCUT2D eigenvalue weighted by atomic mass is 10.2. The Hall–Kier alpha value is -2.63. The van der Waals surface area contributed by atoms with Crippen molar-refractivity contribution in [3.63, 3.8) is 0 Å². The molecule has 6 nitrogen and oxygen atoms in total. The lowest BCUT2D eigenvalue weighted by Gasteiger charge is -2.07. The molecule has 0 atom stereocenters. The third kappa shape index (κ3) is 2.05. The zero-order valence-corrected chi connectivity index (χ0v) is 11.3. The van der Waals surface area contributed by atoms with Crippen molar-refractivity contribution in [2.75, 3.05) is 14.2 Å². The minimum absolute atomic E-state index is 0.445. The number of hydrogen-bond donors (Lipinski definition) is 0. The van der Waals surface area contributed by atoms with E-state index in [1.54, 1.807) is 14.2 Å². The molecule has 0 bridgehead atoms. The summed E-state index contributed by atoms with van der Waals surface area (Å²) in [5.41, 5.74) is 2.43. The highest BCUT2D eigenvalue weighted by atomic mass is 16.5. The average Bonchev–Trinajstić information content (AvgIpc) is 2.86. The van der Waals surface area contributed by atoms with Crippen LogP contribution in [0.15, 0.2) is 36.7 Å². The predicted octanol–water partition coefficient (Wildman–Crippen LogP) is 1.89. The van der Waals surface area contributed by atoms with Crippen molar-refractivity contribution in [1.82, 2.24) is 19.5 Å². The molecule has 0 spiro atoms. The van der Waals surface area contributed by atoms with Crippen molar-refractivity contribution in [2.45, 2.75) is 6.54 Å². The van der Waals surface area contributed by atoms with Gasteiger partial charge in [-0.25, -0.2) is 4.98 Å². The molecule has 0 N–H and O–H groups in total. The van der Waals surface area contributed by atoms with Gasteiger partial charge in [-0.3, -0.25) is 4.57 Å². The van der Waals surface area contributed by atoms with Gasteiger partial charge in [-0.2, -0.15) is 9.97 Å². The number of rotatable bonds is 4. The maximum atomic E-state index is 5.33. The molecule has 0 fully saturated rings. The molecule has 0 saturated heterocycles. The van der Waals surface area contributed by atoms with E-state index < -0.39 is 0 Å². The summed E-state index contributed by atoms with van der Waals surface area (Å²) in [5.74, 6) is 0.445. The Labute approximate surface area is 116 Å². The Morgan fingerprint density at radius 1 is 1.05 bits per heavy atom. The molecule has 0 aliphatic heterocycles. The topological polar surface area (TPSA) is 62.1 Å². The van der Waals surface area contributed by atoms with E-state index in [4.69, 9.17) is 9.47 Å². The molecule has 0 unspecified atom stereocenters. The van der Waals surface area contributed by atoms with Crippen LogP contribution in [-0.4, -0.2) is 33.7 Å². The normalized spacial score (nSPS) is 10.7. The van der Waals surface area contributed by atoms with Gasteiger partial charge in [-0.1, -0.05) is 30.3 Å². The largest absolute Gasteiger partial charge is 0.479 e. The molecule has 6 heteroatoms. The summed E-state index contributed by atoms with van der Waals surface area (Å²) >= 11 is 0. The lowest BCUT2D eigenvalue weighted by molar-refractivity contribution is 0.363. The van der Waals surface area contributed by atoms with Gasteiger partial charge in [0, 0.05) is 0 Å². The lowest BCUT2D eigenvalue weighted by Crippen LogP contribution is -2.03. The minimum atomic E-state index is 0.445. The fraction of sp³-hybridized carbons (Fsp3) is 0.214. The second-order valence-corrected chi connectivity index (χ2v) is 4.23. The molecular weight excluding hydrogens is 256 g/mol. The first-order chi connectivity index (χ1) is 9.83. The summed E-state index contributed by atoms with van der Waals surface area (Å²) in [5, 5.41) is 0. The van der Waals surface area contributed by atoms with E-state index in [-0.39, 0.29) is 0 Å². The van der Waals surface area contributed by atoms with Crippen molar-refractivity contribution < 1.29 is 9.47 Å². The first kappa shape index (κ1) is 12.4. The molecule has 0 aliphatic rings. The molecule has 2 aromatic heterocycles. The van der Waals surface area contributed by atoms with Gasteiger partial charge in [0.2, 0.25) is 5.88 Å². The van der Waals surface area contributed by atoms with Gasteiger partial charge in [0.25, 0.3) is 6.01 Å². The molecule has 1 aromatic carbocycles. The molecule has 3 aromatic rings. The van der Waals surface area contributed by atoms with Crippen LogP contribution in [0.1, 0.15) is 5.56 Å². The van der Waals surface area contributed by atoms with Gasteiger partial charge in [0.15, 0.2) is 11.2 Å². The van der Waals surface area contributed by atoms with E-state index in [1.807, 2.05) is 34.9 Å². The first-order valence-electron chi connectivity index (χ1n) is 6.16. The third-order valence-electron chi connectivity index (χ3n) is 3.02. The molecule has 0 amide bonds. The van der Waals surface area contributed by atoms with Crippen molar-refractivity contribution in [3.05, 3.63) is 42.2 Å². The smallest absolute Gasteiger partial charge is 0.298 e. The third-order valence-corrected chi connectivity index (χ3v) is 3.02. The Kier molecular flexibility index (Phi) is 3.20. The van der Waals surface area contributed by atoms with Crippen LogP contribution in [-0.2, 0) is 6.54 Å². The Bertz CT molecular complexity index is 725. The SMILES string of the molecule is COc1ncnc2c1nc(OC)n2Cc1ccccc1. The maximum Gasteiger partial charge on any atom is 0.298 e. The molecule has 0 saturated carbocycles. The fourth-order valence-electron chi connectivity index (χ4n) is 2.11. The summed E-state index contributed by atoms with van der Waals surface area (Å²) in [6.45, 7) is 0.626. The van der Waals surface area contributed by atoms with Gasteiger partial charge in [0.05, 0.1) is 20.8 Å². The molecular formula is C14H14N4O2. The highest BCUT2D eigenvalue weighted by Gasteiger charge is 2.16. The highest BCUT2D eigenvalue weighted by molar-refractivity contribution is 5.77. The van der Waals surface area contributed by atoms with Gasteiger partial charge in [0.1, 0.15) is 6.33 Å². The second kappa shape index (κ2) is 5.16. The number of benzene rings is 1. The number of nitrogens with zero attached hydrogens (tertiary/aromatic N) is 4. The van der Waals surface area contributed by atoms with Gasteiger partial charge in [-0.05, 0) is 5.56 Å². The summed E-state index contributed by atoms with van der Waals surface area (Å²) in [4.78, 5) is 12.7. The molecule has 0 aliphatic carbocycles. The van der Waals surface area contributed by atoms with Crippen molar-refractivity contribution in [1.29, 1.82) is 0 Å². The Morgan fingerprint density at radius 2 is 1.85 bits per heavy atom. The van der Waals surface area contributed by atoms with Crippen LogP contribution in [0.2, 0.25) is 0 Å². The van der Waals surface area contributed by atoms with E-state index in [0.717, 1.165) is 5.56 Å². The van der Waals surface area contributed by atoms with E-state index >= 15 is 0 Å². The minimum Gasteiger partial charge on any atom is -0.479 e. The van der Waals surface area contributed by atoms with Crippen LogP contribution in [0.3, 0.4) is 0 Å². The van der Waals surface area contributed by atoms with Gasteiger partial charge < -0.3 is 9.47 Å². The zero-order chi connectivity index (χ0) is 13.9. The van der Waals surface area contributed by atoms with E-state index in [9.17, 15) is 0 Å². The number of imidazole rings is 1. The van der Waals surface area contributed by atoms with Crippen molar-refractivity contribution in [2.24, 2.45) is 0 Å². The van der Waals surface area contributed by atoms with E-state index in [2.05, 4.69) is 15.0 Å². The molecule has 0 radical (unpaired) electrons. The average molecular weight is 270 g/mol. The van der Waals surface area contributed by atoms with Crippen LogP contribution in [0.5, 0.6) is 11.9 Å². The van der Waals surface area contributed by atoms with E-state index in [1.165, 1.54) is 6.33 Å².